The zero-order chi connectivity index (χ0) is 20.8. The Morgan fingerprint density at radius 1 is 1.14 bits per heavy atom. The summed E-state index contributed by atoms with van der Waals surface area (Å²) in [5.74, 6) is 0.395. The van der Waals surface area contributed by atoms with Gasteiger partial charge in [-0.15, -0.1) is 0 Å². The van der Waals surface area contributed by atoms with Gasteiger partial charge in [0, 0.05) is 37.9 Å². The maximum atomic E-state index is 14.0. The van der Waals surface area contributed by atoms with E-state index in [1.165, 1.54) is 13.2 Å². The van der Waals surface area contributed by atoms with Gasteiger partial charge in [0.15, 0.2) is 17.2 Å². The molecule has 1 aromatic carbocycles. The zero-order valence-electron chi connectivity index (χ0n) is 17.1. The fraction of sp³-hybridized carbons (Fsp3) is 0.450. The molecule has 4 rings (SSSR count). The van der Waals surface area contributed by atoms with Gasteiger partial charge in [-0.2, -0.15) is 10.1 Å². The highest BCUT2D eigenvalue weighted by molar-refractivity contribution is 5.74. The minimum Gasteiger partial charge on any atom is -0.494 e. The van der Waals surface area contributed by atoms with Gasteiger partial charge in [0.2, 0.25) is 5.95 Å². The summed E-state index contributed by atoms with van der Waals surface area (Å²) in [6.07, 6.45) is 1.56. The molecule has 9 heteroatoms. The Morgan fingerprint density at radius 3 is 2.45 bits per heavy atom. The van der Waals surface area contributed by atoms with Crippen LogP contribution in [0.4, 0.5) is 16.0 Å². The molecule has 29 heavy (non-hydrogen) atoms. The molecule has 3 aromatic rings. The molecule has 0 spiro atoms. The average molecular weight is 400 g/mol. The van der Waals surface area contributed by atoms with E-state index < -0.39 is 0 Å². The maximum absolute atomic E-state index is 14.0. The second kappa shape index (κ2) is 7.06. The van der Waals surface area contributed by atoms with E-state index in [1.807, 2.05) is 31.7 Å². The third kappa shape index (κ3) is 3.52. The first-order chi connectivity index (χ1) is 13.8. The van der Waals surface area contributed by atoms with Crippen molar-refractivity contribution in [2.75, 3.05) is 43.1 Å². The van der Waals surface area contributed by atoms with Gasteiger partial charge in [0.1, 0.15) is 5.39 Å². The maximum Gasteiger partial charge on any atom is 0.263 e. The highest BCUT2D eigenvalue weighted by Gasteiger charge is 2.23. The number of nitrogens with zero attached hydrogens (tertiary/aromatic N) is 5. The van der Waals surface area contributed by atoms with Crippen molar-refractivity contribution in [2.45, 2.75) is 26.3 Å². The number of methoxy groups -OCH3 is 1. The number of aromatic amines is 1. The van der Waals surface area contributed by atoms with Gasteiger partial charge in [-0.3, -0.25) is 9.78 Å². The molecular formula is C20H25FN6O2. The summed E-state index contributed by atoms with van der Waals surface area (Å²) in [4.78, 5) is 24.2. The van der Waals surface area contributed by atoms with E-state index in [9.17, 15) is 9.18 Å². The summed E-state index contributed by atoms with van der Waals surface area (Å²) in [5.41, 5.74) is 0.915. The van der Waals surface area contributed by atoms with Crippen LogP contribution >= 0.6 is 0 Å². The molecule has 1 fully saturated rings. The van der Waals surface area contributed by atoms with Crippen LogP contribution in [0.15, 0.2) is 29.2 Å². The Bertz CT molecular complexity index is 1090. The number of rotatable bonds is 3. The summed E-state index contributed by atoms with van der Waals surface area (Å²) >= 11 is 0. The number of hydrogen-bond donors (Lipinski definition) is 1. The van der Waals surface area contributed by atoms with E-state index in [2.05, 4.69) is 15.0 Å². The predicted molar refractivity (Wildman–Crippen MR) is 111 cm³/mol. The third-order valence-corrected chi connectivity index (χ3v) is 5.14. The molecule has 1 aliphatic rings. The van der Waals surface area contributed by atoms with E-state index >= 15 is 0 Å². The van der Waals surface area contributed by atoms with Crippen LogP contribution in [0, 0.1) is 5.82 Å². The molecule has 3 heterocycles. The fourth-order valence-corrected chi connectivity index (χ4v) is 3.58. The Kier molecular flexibility index (Phi) is 4.68. The molecule has 0 aliphatic carbocycles. The lowest BCUT2D eigenvalue weighted by molar-refractivity contribution is 0.366. The molecule has 154 valence electrons. The van der Waals surface area contributed by atoms with Gasteiger partial charge in [0.25, 0.3) is 5.56 Å². The predicted octanol–water partition coefficient (Wildman–Crippen LogP) is 2.35. The first-order valence-electron chi connectivity index (χ1n) is 9.60. The molecule has 1 N–H and O–H groups in total. The lowest BCUT2D eigenvalue weighted by Gasteiger charge is -2.36. The number of benzene rings is 1. The number of piperazine rings is 1. The smallest absolute Gasteiger partial charge is 0.263 e. The van der Waals surface area contributed by atoms with Crippen molar-refractivity contribution >= 4 is 22.7 Å². The first-order valence-corrected chi connectivity index (χ1v) is 9.60. The number of H-pyrrole nitrogens is 1. The molecule has 0 atom stereocenters. The zero-order valence-corrected chi connectivity index (χ0v) is 17.1. The Hall–Kier alpha value is -3.10. The van der Waals surface area contributed by atoms with Crippen LogP contribution in [-0.4, -0.2) is 53.0 Å². The number of nitrogens with one attached hydrogen (secondary N) is 1. The van der Waals surface area contributed by atoms with Gasteiger partial charge in [-0.25, -0.2) is 9.07 Å². The van der Waals surface area contributed by atoms with Gasteiger partial charge < -0.3 is 14.5 Å². The number of hydrogen-bond acceptors (Lipinski definition) is 6. The summed E-state index contributed by atoms with van der Waals surface area (Å²) in [6, 6.07) is 4.98. The lowest BCUT2D eigenvalue weighted by atomic mass is 10.1. The lowest BCUT2D eigenvalue weighted by Crippen LogP contribution is -2.47. The highest BCUT2D eigenvalue weighted by atomic mass is 19.1. The molecule has 1 saturated heterocycles. The number of anilines is 2. The molecule has 0 radical (unpaired) electrons. The summed E-state index contributed by atoms with van der Waals surface area (Å²) in [7, 11) is 1.45. The van der Waals surface area contributed by atoms with Crippen LogP contribution in [0.2, 0.25) is 0 Å². The normalized spacial score (nSPS) is 15.2. The first kappa shape index (κ1) is 19.2. The average Bonchev–Trinajstić information content (AvgIpc) is 3.13. The van der Waals surface area contributed by atoms with Gasteiger partial charge in [-0.1, -0.05) is 0 Å². The molecule has 8 nitrogen and oxygen atoms in total. The fourth-order valence-electron chi connectivity index (χ4n) is 3.58. The van der Waals surface area contributed by atoms with Crippen molar-refractivity contribution in [3.63, 3.8) is 0 Å². The number of fused-ring (bicyclic) bond motifs is 1. The standard InChI is InChI=1S/C20H25FN6O2/c1-20(2,3)27-17-14(12-22-27)18(28)24-19(23-17)26-9-7-25(8-10-26)13-5-6-16(29-4)15(21)11-13/h5-6,11-12H,7-10H2,1-4H3,(H,23,24,28). The van der Waals surface area contributed by atoms with E-state index in [1.54, 1.807) is 16.9 Å². The van der Waals surface area contributed by atoms with Crippen molar-refractivity contribution in [3.8, 4) is 5.75 Å². The number of halogens is 1. The topological polar surface area (TPSA) is 79.3 Å². The minimum absolute atomic E-state index is 0.194. The Labute approximate surface area is 167 Å². The molecule has 0 unspecified atom stereocenters. The Morgan fingerprint density at radius 2 is 1.83 bits per heavy atom. The van der Waals surface area contributed by atoms with Crippen molar-refractivity contribution in [1.82, 2.24) is 19.7 Å². The van der Waals surface area contributed by atoms with Gasteiger partial charge in [0.05, 0.1) is 18.8 Å². The van der Waals surface area contributed by atoms with Crippen molar-refractivity contribution in [1.29, 1.82) is 0 Å². The molecule has 0 bridgehead atoms. The van der Waals surface area contributed by atoms with E-state index in [-0.39, 0.29) is 22.7 Å². The summed E-state index contributed by atoms with van der Waals surface area (Å²) < 4.78 is 20.8. The van der Waals surface area contributed by atoms with Crippen LogP contribution in [0.5, 0.6) is 5.75 Å². The van der Waals surface area contributed by atoms with Crippen LogP contribution in [0.1, 0.15) is 20.8 Å². The van der Waals surface area contributed by atoms with Crippen LogP contribution in [-0.2, 0) is 5.54 Å². The molecular weight excluding hydrogens is 375 g/mol. The summed E-state index contributed by atoms with van der Waals surface area (Å²) in [5, 5.41) is 4.83. The quantitative estimate of drug-likeness (QED) is 0.727. The monoisotopic (exact) mass is 400 g/mol. The van der Waals surface area contributed by atoms with Crippen molar-refractivity contribution in [2.24, 2.45) is 0 Å². The SMILES string of the molecule is COc1ccc(N2CCN(c3nc4c(cnn4C(C)(C)C)c(=O)[nH]3)CC2)cc1F. The van der Waals surface area contributed by atoms with Gasteiger partial charge >= 0.3 is 0 Å². The van der Waals surface area contributed by atoms with Crippen LogP contribution < -0.4 is 20.1 Å². The van der Waals surface area contributed by atoms with Crippen molar-refractivity contribution < 1.29 is 9.13 Å². The summed E-state index contributed by atoms with van der Waals surface area (Å²) in [6.45, 7) is 8.76. The van der Waals surface area contributed by atoms with E-state index in [0.717, 1.165) is 5.69 Å². The molecule has 2 aromatic heterocycles. The molecule has 1 aliphatic heterocycles. The highest BCUT2D eigenvalue weighted by Crippen LogP contribution is 2.25. The van der Waals surface area contributed by atoms with Crippen molar-refractivity contribution in [3.05, 3.63) is 40.6 Å². The number of ether oxygens (including phenoxy) is 1. The van der Waals surface area contributed by atoms with E-state index in [0.29, 0.717) is 43.2 Å². The second-order valence-electron chi connectivity index (χ2n) is 8.15. The van der Waals surface area contributed by atoms with E-state index in [4.69, 9.17) is 9.72 Å². The second-order valence-corrected chi connectivity index (χ2v) is 8.15. The van der Waals surface area contributed by atoms with Gasteiger partial charge in [-0.05, 0) is 32.9 Å². The Balaban J connectivity index is 1.56. The third-order valence-electron chi connectivity index (χ3n) is 5.14. The molecule has 0 amide bonds. The molecule has 0 saturated carbocycles. The van der Waals surface area contributed by atoms with Crippen LogP contribution in [0.3, 0.4) is 0 Å². The minimum atomic E-state index is -0.376. The van der Waals surface area contributed by atoms with Crippen LogP contribution in [0.25, 0.3) is 11.0 Å². The number of aromatic nitrogens is 4. The largest absolute Gasteiger partial charge is 0.494 e.